The summed E-state index contributed by atoms with van der Waals surface area (Å²) >= 11 is 4.61. The maximum Gasteiger partial charge on any atom is 0.0366 e. The van der Waals surface area contributed by atoms with E-state index in [4.69, 9.17) is 0 Å². The Balaban J connectivity index is 2.85. The van der Waals surface area contributed by atoms with Crippen LogP contribution in [0.1, 0.15) is 46.5 Å². The number of anilines is 1. The zero-order valence-electron chi connectivity index (χ0n) is 12.7. The van der Waals surface area contributed by atoms with Gasteiger partial charge in [-0.1, -0.05) is 45.4 Å². The summed E-state index contributed by atoms with van der Waals surface area (Å²) in [6.45, 7) is 9.11. The van der Waals surface area contributed by atoms with Gasteiger partial charge in [0.25, 0.3) is 0 Å². The van der Waals surface area contributed by atoms with Crippen molar-refractivity contribution in [1.82, 2.24) is 0 Å². The van der Waals surface area contributed by atoms with Crippen molar-refractivity contribution in [2.24, 2.45) is 5.41 Å². The molecule has 0 radical (unpaired) electrons. The van der Waals surface area contributed by atoms with Crippen molar-refractivity contribution in [3.05, 3.63) is 30.3 Å². The van der Waals surface area contributed by atoms with Gasteiger partial charge in [-0.2, -0.15) is 12.6 Å². The van der Waals surface area contributed by atoms with E-state index in [9.17, 15) is 0 Å². The first kappa shape index (κ1) is 16.4. The van der Waals surface area contributed by atoms with Crippen LogP contribution in [0.5, 0.6) is 0 Å². The van der Waals surface area contributed by atoms with Gasteiger partial charge >= 0.3 is 0 Å². The smallest absolute Gasteiger partial charge is 0.0366 e. The lowest BCUT2D eigenvalue weighted by Gasteiger charge is -2.37. The molecule has 0 amide bonds. The van der Waals surface area contributed by atoms with Crippen LogP contribution in [-0.4, -0.2) is 18.8 Å². The number of hydrogen-bond acceptors (Lipinski definition) is 2. The van der Waals surface area contributed by atoms with E-state index in [0.717, 1.165) is 18.8 Å². The van der Waals surface area contributed by atoms with E-state index in [1.807, 2.05) is 0 Å². The van der Waals surface area contributed by atoms with Crippen LogP contribution < -0.4 is 4.90 Å². The highest BCUT2D eigenvalue weighted by Gasteiger charge is 2.27. The van der Waals surface area contributed by atoms with Crippen molar-refractivity contribution in [1.29, 1.82) is 0 Å². The van der Waals surface area contributed by atoms with Crippen molar-refractivity contribution in [3.8, 4) is 0 Å². The Labute approximate surface area is 124 Å². The Morgan fingerprint density at radius 1 is 1.05 bits per heavy atom. The van der Waals surface area contributed by atoms with Crippen LogP contribution in [0.2, 0.25) is 0 Å². The largest absolute Gasteiger partial charge is 0.371 e. The van der Waals surface area contributed by atoms with Crippen LogP contribution in [-0.2, 0) is 0 Å². The zero-order chi connectivity index (χ0) is 14.1. The second-order valence-corrected chi connectivity index (χ2v) is 5.79. The molecule has 19 heavy (non-hydrogen) atoms. The number of para-hydroxylation sites is 1. The van der Waals surface area contributed by atoms with E-state index < -0.39 is 0 Å². The lowest BCUT2D eigenvalue weighted by atomic mass is 9.83. The molecule has 0 aliphatic carbocycles. The number of thiol groups is 1. The maximum atomic E-state index is 4.61. The molecule has 0 N–H and O–H groups in total. The van der Waals surface area contributed by atoms with Crippen LogP contribution in [0, 0.1) is 5.41 Å². The molecule has 0 saturated heterocycles. The minimum Gasteiger partial charge on any atom is -0.371 e. The highest BCUT2D eigenvalue weighted by atomic mass is 32.1. The summed E-state index contributed by atoms with van der Waals surface area (Å²) in [5, 5.41) is 0. The summed E-state index contributed by atoms with van der Waals surface area (Å²) in [4.78, 5) is 2.55. The first-order valence-electron chi connectivity index (χ1n) is 7.62. The third kappa shape index (κ3) is 4.76. The van der Waals surface area contributed by atoms with Crippen LogP contribution in [0.15, 0.2) is 30.3 Å². The Morgan fingerprint density at radius 3 is 2.16 bits per heavy atom. The van der Waals surface area contributed by atoms with Gasteiger partial charge in [-0.25, -0.2) is 0 Å². The van der Waals surface area contributed by atoms with Gasteiger partial charge in [0.15, 0.2) is 0 Å². The normalized spacial score (nSPS) is 11.6. The molecule has 0 atom stereocenters. The van der Waals surface area contributed by atoms with Crippen LogP contribution in [0.25, 0.3) is 0 Å². The molecule has 0 aliphatic heterocycles. The van der Waals surface area contributed by atoms with Crippen LogP contribution in [0.3, 0.4) is 0 Å². The van der Waals surface area contributed by atoms with Gasteiger partial charge in [-0.3, -0.25) is 0 Å². The van der Waals surface area contributed by atoms with E-state index in [-0.39, 0.29) is 0 Å². The molecule has 0 spiro atoms. The van der Waals surface area contributed by atoms with Gasteiger partial charge in [0.05, 0.1) is 0 Å². The summed E-state index contributed by atoms with van der Waals surface area (Å²) < 4.78 is 0. The highest BCUT2D eigenvalue weighted by Crippen LogP contribution is 2.31. The predicted octanol–water partition coefficient (Wildman–Crippen LogP) is 5.03. The number of benzene rings is 1. The first-order chi connectivity index (χ1) is 9.21. The van der Waals surface area contributed by atoms with E-state index in [1.165, 1.54) is 31.4 Å². The number of unbranched alkanes of at least 4 members (excludes halogenated alkanes) is 1. The van der Waals surface area contributed by atoms with E-state index in [1.54, 1.807) is 0 Å². The maximum absolute atomic E-state index is 4.61. The molecule has 1 aromatic rings. The summed E-state index contributed by atoms with van der Waals surface area (Å²) in [6.07, 6.45) is 4.89. The average Bonchev–Trinajstić information content (AvgIpc) is 2.49. The molecular formula is C17H29NS. The fraction of sp³-hybridized carbons (Fsp3) is 0.647. The number of rotatable bonds is 9. The van der Waals surface area contributed by atoms with Gasteiger partial charge in [0, 0.05) is 18.8 Å². The molecule has 0 heterocycles. The van der Waals surface area contributed by atoms with Gasteiger partial charge in [0.1, 0.15) is 0 Å². The topological polar surface area (TPSA) is 3.24 Å². The molecular weight excluding hydrogens is 250 g/mol. The first-order valence-corrected chi connectivity index (χ1v) is 8.25. The Hall–Kier alpha value is -0.630. The van der Waals surface area contributed by atoms with Crippen molar-refractivity contribution in [3.63, 3.8) is 0 Å². The average molecular weight is 279 g/mol. The third-order valence-corrected chi connectivity index (χ3v) is 4.94. The third-order valence-electron chi connectivity index (χ3n) is 4.26. The predicted molar refractivity (Wildman–Crippen MR) is 90.4 cm³/mol. The van der Waals surface area contributed by atoms with Crippen molar-refractivity contribution in [2.75, 3.05) is 23.7 Å². The summed E-state index contributed by atoms with van der Waals surface area (Å²) in [5.74, 6) is 0.968. The second kappa shape index (κ2) is 8.52. The molecule has 108 valence electrons. The SMILES string of the molecule is CCCCN(CC(CC)(CC)CS)c1ccccc1. The Kier molecular flexibility index (Phi) is 7.37. The van der Waals surface area contributed by atoms with Crippen molar-refractivity contribution < 1.29 is 0 Å². The van der Waals surface area contributed by atoms with Crippen molar-refractivity contribution in [2.45, 2.75) is 46.5 Å². The second-order valence-electron chi connectivity index (χ2n) is 5.48. The van der Waals surface area contributed by atoms with E-state index in [0.29, 0.717) is 5.41 Å². The molecule has 0 saturated carbocycles. The summed E-state index contributed by atoms with van der Waals surface area (Å²) in [6, 6.07) is 10.8. The summed E-state index contributed by atoms with van der Waals surface area (Å²) in [5.41, 5.74) is 1.69. The van der Waals surface area contributed by atoms with E-state index in [2.05, 4.69) is 68.6 Å². The molecule has 0 unspecified atom stereocenters. The molecule has 2 heteroatoms. The lowest BCUT2D eigenvalue weighted by Crippen LogP contribution is -2.39. The zero-order valence-corrected chi connectivity index (χ0v) is 13.6. The number of hydrogen-bond donors (Lipinski definition) is 1. The van der Waals surface area contributed by atoms with Crippen LogP contribution in [0.4, 0.5) is 5.69 Å². The lowest BCUT2D eigenvalue weighted by molar-refractivity contribution is 0.309. The van der Waals surface area contributed by atoms with Gasteiger partial charge in [-0.15, -0.1) is 0 Å². The number of nitrogens with zero attached hydrogens (tertiary/aromatic N) is 1. The minimum atomic E-state index is 0.340. The Morgan fingerprint density at radius 2 is 1.68 bits per heavy atom. The highest BCUT2D eigenvalue weighted by molar-refractivity contribution is 7.80. The fourth-order valence-electron chi connectivity index (χ4n) is 2.44. The molecule has 1 aromatic carbocycles. The molecule has 1 nitrogen and oxygen atoms in total. The minimum absolute atomic E-state index is 0.340. The summed E-state index contributed by atoms with van der Waals surface area (Å²) in [7, 11) is 0. The molecule has 0 fully saturated rings. The monoisotopic (exact) mass is 279 g/mol. The molecule has 0 bridgehead atoms. The molecule has 1 rings (SSSR count). The quantitative estimate of drug-likeness (QED) is 0.621. The Bertz CT molecular complexity index is 324. The van der Waals surface area contributed by atoms with Gasteiger partial charge < -0.3 is 4.90 Å². The standard InChI is InChI=1S/C17H29NS/c1-4-7-13-18(16-11-9-8-10-12-16)14-17(5-2,6-3)15-19/h8-12,19H,4-7,13-15H2,1-3H3. The van der Waals surface area contributed by atoms with E-state index >= 15 is 0 Å². The fourth-order valence-corrected chi connectivity index (χ4v) is 2.99. The van der Waals surface area contributed by atoms with Gasteiger partial charge in [-0.05, 0) is 42.6 Å². The van der Waals surface area contributed by atoms with Crippen molar-refractivity contribution >= 4 is 18.3 Å². The molecule has 0 aliphatic rings. The van der Waals surface area contributed by atoms with Crippen LogP contribution >= 0.6 is 12.6 Å². The van der Waals surface area contributed by atoms with Gasteiger partial charge in [0.2, 0.25) is 0 Å². The molecule has 0 aromatic heterocycles.